The van der Waals surface area contributed by atoms with Gasteiger partial charge < -0.3 is 15.0 Å². The molecule has 6 heteroatoms. The van der Waals surface area contributed by atoms with E-state index in [-0.39, 0.29) is 17.9 Å². The summed E-state index contributed by atoms with van der Waals surface area (Å²) < 4.78 is 21.7. The zero-order valence-corrected chi connectivity index (χ0v) is 20.8. The van der Waals surface area contributed by atoms with E-state index in [4.69, 9.17) is 22.1 Å². The van der Waals surface area contributed by atoms with Crippen LogP contribution in [0.4, 0.5) is 4.39 Å². The van der Waals surface area contributed by atoms with E-state index in [0.29, 0.717) is 33.9 Å². The predicted molar refractivity (Wildman–Crippen MR) is 140 cm³/mol. The lowest BCUT2D eigenvalue weighted by atomic mass is 9.92. The van der Waals surface area contributed by atoms with Crippen LogP contribution in [-0.4, -0.2) is 11.7 Å². The Kier molecular flexibility index (Phi) is 7.39. The van der Waals surface area contributed by atoms with Crippen molar-refractivity contribution in [3.8, 4) is 16.9 Å². The number of methoxy groups -OCH3 is 1. The molecule has 35 heavy (non-hydrogen) atoms. The number of aromatic nitrogens is 1. The molecule has 0 aliphatic carbocycles. The Morgan fingerprint density at radius 1 is 1.00 bits per heavy atom. The number of nitrogens with two attached hydrogens (primary N) is 1. The van der Waals surface area contributed by atoms with E-state index in [1.54, 1.807) is 34.9 Å². The molecule has 0 saturated heterocycles. The summed E-state index contributed by atoms with van der Waals surface area (Å²) >= 11 is 6.66. The Bertz CT molecular complexity index is 1420. The summed E-state index contributed by atoms with van der Waals surface area (Å²) in [6.45, 7) is 4.05. The van der Waals surface area contributed by atoms with Crippen molar-refractivity contribution in [1.82, 2.24) is 4.57 Å². The zero-order chi connectivity index (χ0) is 25.1. The van der Waals surface area contributed by atoms with Crippen LogP contribution in [0.15, 0.2) is 77.6 Å². The third kappa shape index (κ3) is 4.88. The molecule has 2 N–H and O–H groups in total. The Morgan fingerprint density at radius 3 is 2.37 bits per heavy atom. The second-order valence-electron chi connectivity index (χ2n) is 8.59. The number of halogens is 2. The molecule has 0 radical (unpaired) electrons. The Morgan fingerprint density at radius 2 is 1.69 bits per heavy atom. The second kappa shape index (κ2) is 10.5. The van der Waals surface area contributed by atoms with Crippen molar-refractivity contribution in [3.05, 3.63) is 122 Å². The van der Waals surface area contributed by atoms with Gasteiger partial charge in [0.1, 0.15) is 11.6 Å². The highest BCUT2D eigenvalue weighted by atomic mass is 35.5. The van der Waals surface area contributed by atoms with Crippen LogP contribution in [0, 0.1) is 19.7 Å². The normalized spacial score (nSPS) is 11.9. The molecule has 0 amide bonds. The minimum Gasteiger partial charge on any atom is -0.495 e. The van der Waals surface area contributed by atoms with Crippen molar-refractivity contribution in [1.29, 1.82) is 0 Å². The summed E-state index contributed by atoms with van der Waals surface area (Å²) in [6, 6.07) is 21.3. The number of pyridine rings is 1. The van der Waals surface area contributed by atoms with Gasteiger partial charge >= 0.3 is 0 Å². The van der Waals surface area contributed by atoms with E-state index in [0.717, 1.165) is 22.4 Å². The topological polar surface area (TPSA) is 57.2 Å². The number of ether oxygens (including phenoxy) is 1. The number of hydrogen-bond acceptors (Lipinski definition) is 3. The largest absolute Gasteiger partial charge is 0.495 e. The standard InChI is InChI=1S/C29H28ClFN2O2/c1-18-23(16-21-12-7-8-14-24(21)31)19(2)33(17-25(32)20-10-5-4-6-11-20)29(34)27(18)22-13-9-15-26(35-3)28(22)30/h4-15,25H,16-17,32H2,1-3H3. The van der Waals surface area contributed by atoms with E-state index in [2.05, 4.69) is 0 Å². The van der Waals surface area contributed by atoms with Crippen molar-refractivity contribution in [2.75, 3.05) is 7.11 Å². The minimum absolute atomic E-state index is 0.196. The maximum absolute atomic E-state index is 14.6. The lowest BCUT2D eigenvalue weighted by molar-refractivity contribution is 0.415. The molecular weight excluding hydrogens is 463 g/mol. The van der Waals surface area contributed by atoms with Crippen LogP contribution in [0.2, 0.25) is 5.02 Å². The fourth-order valence-electron chi connectivity index (χ4n) is 4.53. The first-order chi connectivity index (χ1) is 16.8. The van der Waals surface area contributed by atoms with E-state index in [9.17, 15) is 9.18 Å². The van der Waals surface area contributed by atoms with Gasteiger partial charge in [0, 0.05) is 30.3 Å². The third-order valence-electron chi connectivity index (χ3n) is 6.51. The maximum atomic E-state index is 14.6. The van der Waals surface area contributed by atoms with E-state index >= 15 is 0 Å². The summed E-state index contributed by atoms with van der Waals surface area (Å²) in [5.74, 6) is 0.192. The van der Waals surface area contributed by atoms with Gasteiger partial charge in [0.15, 0.2) is 0 Å². The highest BCUT2D eigenvalue weighted by Crippen LogP contribution is 2.37. The SMILES string of the molecule is COc1cccc(-c2c(C)c(Cc3ccccc3F)c(C)n(CC(N)c3ccccc3)c2=O)c1Cl. The molecule has 0 bridgehead atoms. The highest BCUT2D eigenvalue weighted by molar-refractivity contribution is 6.34. The van der Waals surface area contributed by atoms with Crippen molar-refractivity contribution in [2.24, 2.45) is 5.73 Å². The third-order valence-corrected chi connectivity index (χ3v) is 6.90. The highest BCUT2D eigenvalue weighted by Gasteiger charge is 2.23. The summed E-state index contributed by atoms with van der Waals surface area (Å²) in [5.41, 5.74) is 11.2. The monoisotopic (exact) mass is 490 g/mol. The molecule has 180 valence electrons. The average Bonchev–Trinajstić information content (AvgIpc) is 2.87. The average molecular weight is 491 g/mol. The molecule has 0 saturated carbocycles. The summed E-state index contributed by atoms with van der Waals surface area (Å²) in [4.78, 5) is 13.9. The summed E-state index contributed by atoms with van der Waals surface area (Å²) in [6.07, 6.45) is 0.333. The summed E-state index contributed by atoms with van der Waals surface area (Å²) in [5, 5.41) is 0.356. The van der Waals surface area contributed by atoms with Crippen LogP contribution in [-0.2, 0) is 13.0 Å². The van der Waals surface area contributed by atoms with Gasteiger partial charge in [-0.25, -0.2) is 4.39 Å². The van der Waals surface area contributed by atoms with Crippen LogP contribution >= 0.6 is 11.6 Å². The van der Waals surface area contributed by atoms with E-state index in [1.807, 2.05) is 50.2 Å². The van der Waals surface area contributed by atoms with Gasteiger partial charge in [-0.3, -0.25) is 4.79 Å². The minimum atomic E-state index is -0.398. The molecule has 0 aliphatic heterocycles. The molecule has 3 aromatic carbocycles. The Hall–Kier alpha value is -3.41. The molecule has 1 unspecified atom stereocenters. The molecule has 0 aliphatic rings. The molecule has 0 fully saturated rings. The van der Waals surface area contributed by atoms with Crippen molar-refractivity contribution >= 4 is 11.6 Å². The fraction of sp³-hybridized carbons (Fsp3) is 0.207. The van der Waals surface area contributed by atoms with Crippen molar-refractivity contribution in [2.45, 2.75) is 32.9 Å². The van der Waals surface area contributed by atoms with Crippen molar-refractivity contribution in [3.63, 3.8) is 0 Å². The lowest BCUT2D eigenvalue weighted by Crippen LogP contribution is -2.31. The second-order valence-corrected chi connectivity index (χ2v) is 8.96. The summed E-state index contributed by atoms with van der Waals surface area (Å²) in [7, 11) is 1.54. The number of hydrogen-bond donors (Lipinski definition) is 1. The van der Waals surface area contributed by atoms with E-state index in [1.165, 1.54) is 13.2 Å². The molecule has 4 nitrogen and oxygen atoms in total. The lowest BCUT2D eigenvalue weighted by Gasteiger charge is -2.23. The van der Waals surface area contributed by atoms with Gasteiger partial charge in [-0.15, -0.1) is 0 Å². The first-order valence-corrected chi connectivity index (χ1v) is 11.8. The number of nitrogens with zero attached hydrogens (tertiary/aromatic N) is 1. The van der Waals surface area contributed by atoms with E-state index < -0.39 is 6.04 Å². The number of rotatable bonds is 7. The smallest absolute Gasteiger partial charge is 0.259 e. The first kappa shape index (κ1) is 24.7. The molecule has 0 spiro atoms. The van der Waals surface area contributed by atoms with Gasteiger partial charge in [-0.05, 0) is 48.2 Å². The fourth-order valence-corrected chi connectivity index (χ4v) is 4.82. The number of benzene rings is 3. The molecule has 1 heterocycles. The Balaban J connectivity index is 1.94. The van der Waals surface area contributed by atoms with Gasteiger partial charge in [0.25, 0.3) is 5.56 Å². The quantitative estimate of drug-likeness (QED) is 0.334. The van der Waals surface area contributed by atoms with Crippen molar-refractivity contribution < 1.29 is 9.13 Å². The van der Waals surface area contributed by atoms with Crippen LogP contribution < -0.4 is 16.0 Å². The van der Waals surface area contributed by atoms with Gasteiger partial charge in [0.2, 0.25) is 0 Å². The van der Waals surface area contributed by atoms with Crippen LogP contribution in [0.3, 0.4) is 0 Å². The van der Waals surface area contributed by atoms with Gasteiger partial charge in [-0.2, -0.15) is 0 Å². The molecule has 4 rings (SSSR count). The predicted octanol–water partition coefficient (Wildman–Crippen LogP) is 6.22. The molecular formula is C29H28ClFN2O2. The zero-order valence-electron chi connectivity index (χ0n) is 20.0. The maximum Gasteiger partial charge on any atom is 0.259 e. The van der Waals surface area contributed by atoms with Crippen LogP contribution in [0.1, 0.15) is 34.0 Å². The van der Waals surface area contributed by atoms with Gasteiger partial charge in [-0.1, -0.05) is 72.3 Å². The molecule has 1 atom stereocenters. The van der Waals surface area contributed by atoms with Crippen LogP contribution in [0.5, 0.6) is 5.75 Å². The van der Waals surface area contributed by atoms with Crippen LogP contribution in [0.25, 0.3) is 11.1 Å². The molecule has 1 aromatic heterocycles. The van der Waals surface area contributed by atoms with Gasteiger partial charge in [0.05, 0.1) is 17.7 Å². The molecule has 4 aromatic rings. The first-order valence-electron chi connectivity index (χ1n) is 11.4. The Labute approximate surface area is 209 Å².